The number of hydrogen-bond donors (Lipinski definition) is 4. The Morgan fingerprint density at radius 3 is 2.81 bits per heavy atom. The topological polar surface area (TPSA) is 148 Å². The minimum absolute atomic E-state index is 0.130. The molecule has 0 unspecified atom stereocenters. The minimum atomic E-state index is -4.16. The number of nitrogens with two attached hydrogens (primary N) is 1. The van der Waals surface area contributed by atoms with E-state index in [2.05, 4.69) is 20.3 Å². The van der Waals surface area contributed by atoms with E-state index in [0.717, 1.165) is 6.54 Å². The van der Waals surface area contributed by atoms with Crippen molar-refractivity contribution in [3.63, 3.8) is 0 Å². The lowest BCUT2D eigenvalue weighted by atomic mass is 9.89. The van der Waals surface area contributed by atoms with Crippen molar-refractivity contribution in [1.29, 1.82) is 0 Å². The molecule has 0 aliphatic heterocycles. The number of anilines is 2. The highest BCUT2D eigenvalue weighted by atomic mass is 31.2. The van der Waals surface area contributed by atoms with Gasteiger partial charge in [-0.3, -0.25) is 4.57 Å². The molecule has 3 rings (SSSR count). The third-order valence-corrected chi connectivity index (χ3v) is 5.02. The van der Waals surface area contributed by atoms with Gasteiger partial charge in [-0.1, -0.05) is 19.3 Å². The van der Waals surface area contributed by atoms with Gasteiger partial charge >= 0.3 is 7.60 Å². The third-order valence-electron chi connectivity index (χ3n) is 4.50. The van der Waals surface area contributed by atoms with Gasteiger partial charge in [-0.25, -0.2) is 4.98 Å². The first-order chi connectivity index (χ1) is 12.4. The van der Waals surface area contributed by atoms with Crippen LogP contribution in [-0.4, -0.2) is 48.8 Å². The van der Waals surface area contributed by atoms with Gasteiger partial charge in [0.25, 0.3) is 0 Å². The number of aromatic nitrogens is 4. The lowest BCUT2D eigenvalue weighted by Crippen LogP contribution is -2.18. The van der Waals surface area contributed by atoms with Gasteiger partial charge in [0.05, 0.1) is 12.9 Å². The van der Waals surface area contributed by atoms with Gasteiger partial charge < -0.3 is 30.1 Å². The number of imidazole rings is 1. The Balaban J connectivity index is 1.66. The molecule has 11 heteroatoms. The molecule has 0 saturated heterocycles. The number of fused-ring (bicyclic) bond motifs is 1. The smallest absolute Gasteiger partial charge is 0.350 e. The summed E-state index contributed by atoms with van der Waals surface area (Å²) in [6.45, 7) is 1.32. The Labute approximate surface area is 151 Å². The van der Waals surface area contributed by atoms with Crippen LogP contribution >= 0.6 is 7.60 Å². The average molecular weight is 384 g/mol. The van der Waals surface area contributed by atoms with Crippen molar-refractivity contribution in [1.82, 2.24) is 19.5 Å². The summed E-state index contributed by atoms with van der Waals surface area (Å²) in [5.41, 5.74) is 7.04. The molecule has 2 heterocycles. The molecule has 0 radical (unpaired) electrons. The van der Waals surface area contributed by atoms with Gasteiger partial charge in [-0.05, 0) is 18.8 Å². The normalized spacial score (nSPS) is 16.2. The summed E-state index contributed by atoms with van der Waals surface area (Å²) in [5, 5.41) is 3.36. The molecule has 1 aliphatic carbocycles. The van der Waals surface area contributed by atoms with Crippen LogP contribution in [0, 0.1) is 5.92 Å². The number of nitrogens with zero attached hydrogens (tertiary/aromatic N) is 4. The van der Waals surface area contributed by atoms with Crippen molar-refractivity contribution in [2.45, 2.75) is 38.6 Å². The van der Waals surface area contributed by atoms with Crippen LogP contribution in [-0.2, 0) is 15.8 Å². The predicted octanol–water partition coefficient (Wildman–Crippen LogP) is 1.55. The second-order valence-corrected chi connectivity index (χ2v) is 8.22. The zero-order valence-corrected chi connectivity index (χ0v) is 15.4. The average Bonchev–Trinajstić information content (AvgIpc) is 2.99. The van der Waals surface area contributed by atoms with Crippen LogP contribution in [0.15, 0.2) is 6.33 Å². The van der Waals surface area contributed by atoms with Crippen LogP contribution in [0.2, 0.25) is 0 Å². The van der Waals surface area contributed by atoms with Crippen LogP contribution in [0.4, 0.5) is 11.8 Å². The van der Waals surface area contributed by atoms with E-state index >= 15 is 0 Å². The molecule has 0 bridgehead atoms. The molecule has 1 aliphatic rings. The fraction of sp³-hybridized carbons (Fsp3) is 0.667. The van der Waals surface area contributed by atoms with Gasteiger partial charge in [0.2, 0.25) is 5.95 Å². The lowest BCUT2D eigenvalue weighted by molar-refractivity contribution is 0.149. The fourth-order valence-electron chi connectivity index (χ4n) is 3.23. The van der Waals surface area contributed by atoms with E-state index in [1.54, 1.807) is 10.9 Å². The summed E-state index contributed by atoms with van der Waals surface area (Å²) in [4.78, 5) is 30.5. The fourth-order valence-corrected chi connectivity index (χ4v) is 3.59. The zero-order valence-electron chi connectivity index (χ0n) is 14.5. The number of nitrogens with one attached hydrogen (secondary N) is 1. The Hall–Kier alpha value is -1.74. The monoisotopic (exact) mass is 384 g/mol. The SMILES string of the molecule is Nc1nc(NCC2CCCCC2)c2ncn(CCOCP(=O)(O)O)c2n1. The van der Waals surface area contributed by atoms with Crippen LogP contribution in [0.25, 0.3) is 11.2 Å². The highest BCUT2D eigenvalue weighted by Crippen LogP contribution is 2.33. The van der Waals surface area contributed by atoms with Gasteiger partial charge in [0, 0.05) is 13.1 Å². The molecule has 0 amide bonds. The number of ether oxygens (including phenoxy) is 1. The molecule has 0 aromatic carbocycles. The van der Waals surface area contributed by atoms with Crippen LogP contribution in [0.1, 0.15) is 32.1 Å². The van der Waals surface area contributed by atoms with E-state index in [4.69, 9.17) is 20.3 Å². The maximum Gasteiger partial charge on any atom is 0.350 e. The Morgan fingerprint density at radius 2 is 2.08 bits per heavy atom. The summed E-state index contributed by atoms with van der Waals surface area (Å²) in [7, 11) is -4.16. The highest BCUT2D eigenvalue weighted by molar-refractivity contribution is 7.51. The summed E-state index contributed by atoms with van der Waals surface area (Å²) in [5.74, 6) is 1.41. The number of nitrogen functional groups attached to an aromatic ring is 1. The maximum atomic E-state index is 10.8. The first kappa shape index (κ1) is 19.0. The van der Waals surface area contributed by atoms with E-state index in [9.17, 15) is 4.57 Å². The summed E-state index contributed by atoms with van der Waals surface area (Å²) < 4.78 is 17.5. The Bertz CT molecular complexity index is 786. The van der Waals surface area contributed by atoms with E-state index in [1.165, 1.54) is 32.1 Å². The van der Waals surface area contributed by atoms with Gasteiger partial charge in [0.1, 0.15) is 6.35 Å². The lowest BCUT2D eigenvalue weighted by Gasteiger charge is -2.22. The first-order valence-electron chi connectivity index (χ1n) is 8.77. The highest BCUT2D eigenvalue weighted by Gasteiger charge is 2.17. The standard InChI is InChI=1S/C15H25N6O4P/c16-15-19-13(17-8-11-4-2-1-3-5-11)12-14(20-15)21(9-18-12)6-7-25-10-26(22,23)24/h9,11H,1-8,10H2,(H2,22,23,24)(H3,16,17,19,20). The second kappa shape index (κ2) is 8.30. The molecular weight excluding hydrogens is 359 g/mol. The van der Waals surface area contributed by atoms with Crippen molar-refractivity contribution in [2.24, 2.45) is 5.92 Å². The van der Waals surface area contributed by atoms with E-state index < -0.39 is 13.9 Å². The number of hydrogen-bond acceptors (Lipinski definition) is 7. The molecule has 5 N–H and O–H groups in total. The summed E-state index contributed by atoms with van der Waals surface area (Å²) in [6.07, 6.45) is 7.31. The van der Waals surface area contributed by atoms with E-state index in [1.807, 2.05) is 0 Å². The summed E-state index contributed by atoms with van der Waals surface area (Å²) in [6, 6.07) is 0. The molecule has 0 atom stereocenters. The van der Waals surface area contributed by atoms with Crippen LogP contribution < -0.4 is 11.1 Å². The number of rotatable bonds is 8. The molecule has 2 aromatic heterocycles. The van der Waals surface area contributed by atoms with Crippen LogP contribution in [0.3, 0.4) is 0 Å². The van der Waals surface area contributed by atoms with Crippen molar-refractivity contribution >= 4 is 30.5 Å². The predicted molar refractivity (Wildman–Crippen MR) is 97.7 cm³/mol. The molecule has 0 spiro atoms. The van der Waals surface area contributed by atoms with Gasteiger partial charge in [-0.15, -0.1) is 0 Å². The molecule has 26 heavy (non-hydrogen) atoms. The molecule has 1 fully saturated rings. The Morgan fingerprint density at radius 1 is 1.31 bits per heavy atom. The molecular formula is C15H25N6O4P. The van der Waals surface area contributed by atoms with E-state index in [-0.39, 0.29) is 12.6 Å². The first-order valence-corrected chi connectivity index (χ1v) is 10.6. The minimum Gasteiger partial charge on any atom is -0.368 e. The Kier molecular flexibility index (Phi) is 6.08. The van der Waals surface area contributed by atoms with E-state index in [0.29, 0.717) is 29.4 Å². The van der Waals surface area contributed by atoms with Crippen molar-refractivity contribution in [2.75, 3.05) is 30.6 Å². The third kappa shape index (κ3) is 5.14. The van der Waals surface area contributed by atoms with Crippen molar-refractivity contribution < 1.29 is 19.1 Å². The molecule has 144 valence electrons. The van der Waals surface area contributed by atoms with Crippen molar-refractivity contribution in [3.8, 4) is 0 Å². The molecule has 10 nitrogen and oxygen atoms in total. The quantitative estimate of drug-likeness (QED) is 0.393. The van der Waals surface area contributed by atoms with Crippen molar-refractivity contribution in [3.05, 3.63) is 6.33 Å². The molecule has 1 saturated carbocycles. The zero-order chi connectivity index (χ0) is 18.6. The summed E-state index contributed by atoms with van der Waals surface area (Å²) >= 11 is 0. The van der Waals surface area contributed by atoms with Gasteiger partial charge in [-0.2, -0.15) is 9.97 Å². The van der Waals surface area contributed by atoms with Gasteiger partial charge in [0.15, 0.2) is 17.0 Å². The maximum absolute atomic E-state index is 10.8. The van der Waals surface area contributed by atoms with Crippen LogP contribution in [0.5, 0.6) is 0 Å². The second-order valence-electron chi connectivity index (χ2n) is 6.63. The largest absolute Gasteiger partial charge is 0.368 e. The molecule has 2 aromatic rings.